The van der Waals surface area contributed by atoms with Crippen molar-refractivity contribution in [1.29, 1.82) is 0 Å². The van der Waals surface area contributed by atoms with E-state index >= 15 is 0 Å². The molecular formula is C24H31N3O6. The molecule has 0 saturated carbocycles. The highest BCUT2D eigenvalue weighted by Gasteiger charge is 2.44. The van der Waals surface area contributed by atoms with Crippen LogP contribution in [0.4, 0.5) is 0 Å². The molecule has 0 spiro atoms. The summed E-state index contributed by atoms with van der Waals surface area (Å²) in [5.41, 5.74) is 0.906. The molecule has 0 unspecified atom stereocenters. The highest BCUT2D eigenvalue weighted by molar-refractivity contribution is 5.94. The van der Waals surface area contributed by atoms with Crippen LogP contribution in [-0.2, 0) is 27.2 Å². The van der Waals surface area contributed by atoms with Crippen molar-refractivity contribution in [1.82, 2.24) is 16.1 Å². The lowest BCUT2D eigenvalue weighted by Gasteiger charge is -2.31. The van der Waals surface area contributed by atoms with E-state index in [-0.39, 0.29) is 12.8 Å². The summed E-state index contributed by atoms with van der Waals surface area (Å²) in [5.74, 6) is -2.78. The first-order valence-electron chi connectivity index (χ1n) is 10.6. The lowest BCUT2D eigenvalue weighted by Crippen LogP contribution is -2.57. The van der Waals surface area contributed by atoms with E-state index < -0.39 is 35.3 Å². The molecule has 0 aliphatic heterocycles. The topological polar surface area (TPSA) is 137 Å². The predicted octanol–water partition coefficient (Wildman–Crippen LogP) is 0.974. The van der Waals surface area contributed by atoms with Gasteiger partial charge in [-0.2, -0.15) is 0 Å². The number of rotatable bonds is 11. The fourth-order valence-corrected chi connectivity index (χ4v) is 3.55. The summed E-state index contributed by atoms with van der Waals surface area (Å²) in [6, 6.07) is 15.4. The van der Waals surface area contributed by atoms with Crippen molar-refractivity contribution in [2.75, 3.05) is 14.2 Å². The summed E-state index contributed by atoms with van der Waals surface area (Å²) in [7, 11) is 3.00. The van der Waals surface area contributed by atoms with Crippen molar-refractivity contribution in [3.8, 4) is 5.75 Å². The minimum atomic E-state index is -2.21. The summed E-state index contributed by atoms with van der Waals surface area (Å²) in [6.45, 7) is 1.16. The molecule has 0 bridgehead atoms. The number of hydroxylamine groups is 1. The molecule has 178 valence electrons. The summed E-state index contributed by atoms with van der Waals surface area (Å²) in [4.78, 5) is 37.8. The third kappa shape index (κ3) is 7.03. The molecule has 2 rings (SSSR count). The zero-order valence-electron chi connectivity index (χ0n) is 19.0. The van der Waals surface area contributed by atoms with Gasteiger partial charge in [0.15, 0.2) is 5.60 Å². The number of hydrogen-bond acceptors (Lipinski definition) is 6. The van der Waals surface area contributed by atoms with Crippen LogP contribution in [0.25, 0.3) is 0 Å². The second-order valence-corrected chi connectivity index (χ2v) is 7.89. The molecular weight excluding hydrogens is 426 g/mol. The van der Waals surface area contributed by atoms with Crippen LogP contribution < -0.4 is 20.9 Å². The number of methoxy groups -OCH3 is 1. The molecule has 33 heavy (non-hydrogen) atoms. The van der Waals surface area contributed by atoms with E-state index in [0.717, 1.165) is 18.1 Å². The smallest absolute Gasteiger partial charge is 0.275 e. The van der Waals surface area contributed by atoms with Crippen LogP contribution >= 0.6 is 0 Å². The molecule has 0 aromatic heterocycles. The standard InChI is InChI=1S/C24H31N3O6/c1-24(31,23(30)27-32)19(14-11-16-7-5-4-6-8-16)21(28)26-20(22(29)25-2)15-17-9-12-18(33-3)13-10-17/h4-10,12-13,19-20,31-32H,11,14-15H2,1-3H3,(H,25,29)(H,26,28)(H,27,30)/t19-,20-,24-/m0/s1. The Balaban J connectivity index is 2.24. The molecule has 0 heterocycles. The van der Waals surface area contributed by atoms with E-state index in [0.29, 0.717) is 12.2 Å². The van der Waals surface area contributed by atoms with E-state index in [4.69, 9.17) is 9.94 Å². The van der Waals surface area contributed by atoms with Crippen molar-refractivity contribution in [2.24, 2.45) is 5.92 Å². The third-order valence-corrected chi connectivity index (χ3v) is 5.60. The number of ether oxygens (including phenoxy) is 1. The number of benzene rings is 2. The van der Waals surface area contributed by atoms with Crippen LogP contribution in [0.2, 0.25) is 0 Å². The molecule has 9 nitrogen and oxygen atoms in total. The quantitative estimate of drug-likeness (QED) is 0.252. The van der Waals surface area contributed by atoms with E-state index in [2.05, 4.69) is 10.6 Å². The van der Waals surface area contributed by atoms with Gasteiger partial charge in [0, 0.05) is 13.5 Å². The summed E-state index contributed by atoms with van der Waals surface area (Å²) >= 11 is 0. The van der Waals surface area contributed by atoms with Gasteiger partial charge in [-0.05, 0) is 43.0 Å². The Morgan fingerprint density at radius 3 is 2.18 bits per heavy atom. The average Bonchev–Trinajstić information content (AvgIpc) is 2.83. The van der Waals surface area contributed by atoms with Gasteiger partial charge in [-0.1, -0.05) is 42.5 Å². The van der Waals surface area contributed by atoms with Crippen LogP contribution in [-0.4, -0.2) is 53.8 Å². The second-order valence-electron chi connectivity index (χ2n) is 7.89. The number of hydrogen-bond donors (Lipinski definition) is 5. The van der Waals surface area contributed by atoms with Crippen LogP contribution in [0.15, 0.2) is 54.6 Å². The van der Waals surface area contributed by atoms with Crippen molar-refractivity contribution in [3.63, 3.8) is 0 Å². The van der Waals surface area contributed by atoms with Gasteiger partial charge in [0.2, 0.25) is 11.8 Å². The number of aliphatic hydroxyl groups is 1. The number of amides is 3. The summed E-state index contributed by atoms with van der Waals surface area (Å²) in [5, 5.41) is 25.1. The Bertz CT molecular complexity index is 931. The predicted molar refractivity (Wildman–Crippen MR) is 122 cm³/mol. The minimum Gasteiger partial charge on any atom is -0.497 e. The molecule has 2 aromatic rings. The Kier molecular flexibility index (Phi) is 9.38. The van der Waals surface area contributed by atoms with Gasteiger partial charge < -0.3 is 20.5 Å². The van der Waals surface area contributed by atoms with Gasteiger partial charge in [-0.15, -0.1) is 0 Å². The highest BCUT2D eigenvalue weighted by Crippen LogP contribution is 2.24. The van der Waals surface area contributed by atoms with Gasteiger partial charge in [0.25, 0.3) is 5.91 Å². The first kappa shape index (κ1) is 25.8. The Hall–Kier alpha value is -3.43. The number of aryl methyl sites for hydroxylation is 1. The number of carbonyl (C=O) groups is 3. The maximum atomic E-state index is 13.2. The number of nitrogens with one attached hydrogen (secondary N) is 3. The maximum Gasteiger partial charge on any atom is 0.275 e. The van der Waals surface area contributed by atoms with E-state index in [1.807, 2.05) is 30.3 Å². The molecule has 0 saturated heterocycles. The van der Waals surface area contributed by atoms with Crippen LogP contribution in [0.1, 0.15) is 24.5 Å². The van der Waals surface area contributed by atoms with Crippen LogP contribution in [0, 0.1) is 5.92 Å². The first-order valence-corrected chi connectivity index (χ1v) is 10.6. The van der Waals surface area contributed by atoms with Gasteiger partial charge in [-0.3, -0.25) is 19.6 Å². The lowest BCUT2D eigenvalue weighted by atomic mass is 9.82. The first-order chi connectivity index (χ1) is 15.7. The molecule has 0 radical (unpaired) electrons. The van der Waals surface area contributed by atoms with Gasteiger partial charge >= 0.3 is 0 Å². The number of carbonyl (C=O) groups excluding carboxylic acids is 3. The Labute approximate surface area is 193 Å². The highest BCUT2D eigenvalue weighted by atomic mass is 16.5. The maximum absolute atomic E-state index is 13.2. The molecule has 5 N–H and O–H groups in total. The molecule has 9 heteroatoms. The SMILES string of the molecule is CNC(=O)[C@H](Cc1ccc(OC)cc1)NC(=O)[C@H](CCc1ccccc1)[C@](C)(O)C(=O)NO. The van der Waals surface area contributed by atoms with E-state index in [1.54, 1.807) is 31.4 Å². The normalized spacial score (nSPS) is 14.3. The molecule has 0 fully saturated rings. The Morgan fingerprint density at radius 2 is 1.64 bits per heavy atom. The van der Waals surface area contributed by atoms with Crippen LogP contribution in [0.3, 0.4) is 0 Å². The van der Waals surface area contributed by atoms with E-state index in [9.17, 15) is 19.5 Å². The van der Waals surface area contributed by atoms with Gasteiger partial charge in [0.1, 0.15) is 11.8 Å². The minimum absolute atomic E-state index is 0.110. The van der Waals surface area contributed by atoms with Crippen molar-refractivity contribution in [2.45, 2.75) is 37.8 Å². The fraction of sp³-hybridized carbons (Fsp3) is 0.375. The van der Waals surface area contributed by atoms with Gasteiger partial charge in [-0.25, -0.2) is 5.48 Å². The van der Waals surface area contributed by atoms with Gasteiger partial charge in [0.05, 0.1) is 13.0 Å². The Morgan fingerprint density at radius 1 is 1.00 bits per heavy atom. The fourth-order valence-electron chi connectivity index (χ4n) is 3.55. The summed E-state index contributed by atoms with van der Waals surface area (Å²) in [6.07, 6.45) is 0.700. The summed E-state index contributed by atoms with van der Waals surface area (Å²) < 4.78 is 5.14. The molecule has 3 atom stereocenters. The lowest BCUT2D eigenvalue weighted by molar-refractivity contribution is -0.158. The molecule has 3 amide bonds. The number of likely N-dealkylation sites (N-methyl/N-ethyl adjacent to an activating group) is 1. The monoisotopic (exact) mass is 457 g/mol. The zero-order chi connectivity index (χ0) is 24.4. The molecule has 2 aromatic carbocycles. The largest absolute Gasteiger partial charge is 0.497 e. The molecule has 0 aliphatic rings. The second kappa shape index (κ2) is 12.0. The zero-order valence-corrected chi connectivity index (χ0v) is 19.0. The van der Waals surface area contributed by atoms with E-state index in [1.165, 1.54) is 12.5 Å². The van der Waals surface area contributed by atoms with Crippen LogP contribution in [0.5, 0.6) is 5.75 Å². The average molecular weight is 458 g/mol. The third-order valence-electron chi connectivity index (χ3n) is 5.60. The van der Waals surface area contributed by atoms with Crippen molar-refractivity contribution in [3.05, 3.63) is 65.7 Å². The van der Waals surface area contributed by atoms with Crippen molar-refractivity contribution < 1.29 is 29.4 Å². The van der Waals surface area contributed by atoms with Crippen molar-refractivity contribution >= 4 is 17.7 Å². The molecule has 0 aliphatic carbocycles.